The highest BCUT2D eigenvalue weighted by molar-refractivity contribution is 14.1. The first-order valence-electron chi connectivity index (χ1n) is 7.99. The number of nitrogens with one attached hydrogen (secondary N) is 1. The minimum absolute atomic E-state index is 0.518. The molecule has 1 N–H and O–H groups in total. The maximum absolute atomic E-state index is 6.49. The highest BCUT2D eigenvalue weighted by atomic mass is 127. The molecule has 128 valence electrons. The number of nitrogens with zero attached hydrogens (tertiary/aromatic N) is 1. The number of H-pyrrole nitrogens is 1. The molecule has 0 aliphatic rings. The minimum Gasteiger partial charge on any atom is -0.337 e. The van der Waals surface area contributed by atoms with Gasteiger partial charge in [0.25, 0.3) is 0 Å². The Morgan fingerprint density at radius 3 is 2.31 bits per heavy atom. The fourth-order valence-electron chi connectivity index (χ4n) is 2.84. The molecule has 1 aromatic heterocycles. The van der Waals surface area contributed by atoms with Crippen molar-refractivity contribution in [2.24, 2.45) is 0 Å². The molecule has 0 saturated carbocycles. The highest BCUT2D eigenvalue weighted by Gasteiger charge is 2.18. The van der Waals surface area contributed by atoms with Gasteiger partial charge in [-0.3, -0.25) is 0 Å². The summed E-state index contributed by atoms with van der Waals surface area (Å²) in [6, 6.07) is 23.9. The van der Waals surface area contributed by atoms with Crippen LogP contribution < -0.4 is 0 Å². The molecule has 4 aromatic rings. The van der Waals surface area contributed by atoms with Crippen LogP contribution in [-0.4, -0.2) is 9.97 Å². The second-order valence-corrected chi connectivity index (χ2v) is 7.82. The van der Waals surface area contributed by atoms with Crippen LogP contribution in [0.25, 0.3) is 33.9 Å². The van der Waals surface area contributed by atoms with E-state index in [1.807, 2.05) is 54.6 Å². The number of aromatic amines is 1. The van der Waals surface area contributed by atoms with Gasteiger partial charge in [-0.25, -0.2) is 4.98 Å². The number of imidazole rings is 1. The molecule has 0 atom stereocenters. The molecule has 1 heterocycles. The Balaban J connectivity index is 1.96. The average Bonchev–Trinajstić information content (AvgIpc) is 3.10. The first-order valence-corrected chi connectivity index (χ1v) is 9.82. The van der Waals surface area contributed by atoms with Gasteiger partial charge in [-0.2, -0.15) is 0 Å². The van der Waals surface area contributed by atoms with Gasteiger partial charge in [0.1, 0.15) is 5.82 Å². The van der Waals surface area contributed by atoms with Gasteiger partial charge >= 0.3 is 0 Å². The molecule has 5 heteroatoms. The molecule has 0 unspecified atom stereocenters. The first-order chi connectivity index (χ1) is 12.6. The fourth-order valence-corrected chi connectivity index (χ4v) is 3.78. The van der Waals surface area contributed by atoms with Crippen molar-refractivity contribution in [3.05, 3.63) is 86.4 Å². The Hall–Kier alpha value is -1.82. The zero-order valence-corrected chi connectivity index (χ0v) is 17.2. The minimum atomic E-state index is 0.518. The maximum Gasteiger partial charge on any atom is 0.138 e. The van der Waals surface area contributed by atoms with Crippen LogP contribution >= 0.6 is 45.8 Å². The smallest absolute Gasteiger partial charge is 0.138 e. The quantitative estimate of drug-likeness (QED) is 0.299. The summed E-state index contributed by atoms with van der Waals surface area (Å²) >= 11 is 15.0. The summed E-state index contributed by atoms with van der Waals surface area (Å²) < 4.78 is 1.15. The predicted molar refractivity (Wildman–Crippen MR) is 118 cm³/mol. The van der Waals surface area contributed by atoms with E-state index in [0.29, 0.717) is 10.0 Å². The lowest BCUT2D eigenvalue weighted by Crippen LogP contribution is -1.85. The first kappa shape index (κ1) is 17.6. The Morgan fingerprint density at radius 2 is 1.54 bits per heavy atom. The third-order valence-electron chi connectivity index (χ3n) is 4.07. The van der Waals surface area contributed by atoms with Gasteiger partial charge in [-0.05, 0) is 40.8 Å². The summed E-state index contributed by atoms with van der Waals surface area (Å²) in [4.78, 5) is 8.33. The summed E-state index contributed by atoms with van der Waals surface area (Å²) in [6.07, 6.45) is 0. The molecule has 4 rings (SSSR count). The van der Waals surface area contributed by atoms with E-state index >= 15 is 0 Å². The molecule has 0 aliphatic heterocycles. The Bertz CT molecular complexity index is 1070. The van der Waals surface area contributed by atoms with Crippen molar-refractivity contribution in [1.82, 2.24) is 9.97 Å². The summed E-state index contributed by atoms with van der Waals surface area (Å²) in [7, 11) is 0. The molecule has 0 amide bonds. The summed E-state index contributed by atoms with van der Waals surface area (Å²) in [5, 5.41) is 1.04. The third kappa shape index (κ3) is 3.39. The lowest BCUT2D eigenvalue weighted by Gasteiger charge is -2.06. The standard InChI is InChI=1S/C21H13Cl2IN2/c22-17-11-5-10-16(18(17)23)20-19(13-6-2-1-3-7-13)25-21(26-20)14-8-4-9-15(24)12-14/h1-12H,(H,25,26). The van der Waals surface area contributed by atoms with Crippen molar-refractivity contribution >= 4 is 45.8 Å². The predicted octanol–water partition coefficient (Wildman–Crippen LogP) is 7.32. The molecule has 26 heavy (non-hydrogen) atoms. The molecule has 0 fully saturated rings. The van der Waals surface area contributed by atoms with E-state index in [9.17, 15) is 0 Å². The molecule has 2 nitrogen and oxygen atoms in total. The Labute approximate surface area is 175 Å². The molecule has 0 aliphatic carbocycles. The van der Waals surface area contributed by atoms with Crippen LogP contribution in [0.4, 0.5) is 0 Å². The number of benzene rings is 3. The van der Waals surface area contributed by atoms with Gasteiger partial charge in [0.2, 0.25) is 0 Å². The van der Waals surface area contributed by atoms with Crippen molar-refractivity contribution < 1.29 is 0 Å². The lowest BCUT2D eigenvalue weighted by atomic mass is 10.1. The number of rotatable bonds is 3. The van der Waals surface area contributed by atoms with Crippen LogP contribution in [0, 0.1) is 3.57 Å². The largest absolute Gasteiger partial charge is 0.337 e. The number of halogens is 3. The lowest BCUT2D eigenvalue weighted by molar-refractivity contribution is 1.31. The van der Waals surface area contributed by atoms with Crippen LogP contribution in [0.1, 0.15) is 0 Å². The van der Waals surface area contributed by atoms with Gasteiger partial charge < -0.3 is 4.98 Å². The summed E-state index contributed by atoms with van der Waals surface area (Å²) in [6.45, 7) is 0. The van der Waals surface area contributed by atoms with E-state index in [2.05, 4.69) is 39.7 Å². The average molecular weight is 491 g/mol. The van der Waals surface area contributed by atoms with E-state index in [1.165, 1.54) is 0 Å². The Kier molecular flexibility index (Phi) is 5.02. The van der Waals surface area contributed by atoms with Gasteiger partial charge in [-0.1, -0.05) is 77.8 Å². The number of hydrogen-bond acceptors (Lipinski definition) is 1. The van der Waals surface area contributed by atoms with E-state index in [-0.39, 0.29) is 0 Å². The van der Waals surface area contributed by atoms with Crippen LogP contribution in [0.5, 0.6) is 0 Å². The molecule has 0 spiro atoms. The second kappa shape index (κ2) is 7.43. The molecule has 0 saturated heterocycles. The van der Waals surface area contributed by atoms with Gasteiger partial charge in [-0.15, -0.1) is 0 Å². The zero-order chi connectivity index (χ0) is 18.1. The van der Waals surface area contributed by atoms with E-state index in [4.69, 9.17) is 28.2 Å². The SMILES string of the molecule is Clc1cccc(-c2[nH]c(-c3cccc(I)c3)nc2-c2ccccc2)c1Cl. The van der Waals surface area contributed by atoms with Gasteiger partial charge in [0.15, 0.2) is 0 Å². The van der Waals surface area contributed by atoms with Gasteiger partial charge in [0.05, 0.1) is 21.4 Å². The maximum atomic E-state index is 6.49. The van der Waals surface area contributed by atoms with E-state index < -0.39 is 0 Å². The van der Waals surface area contributed by atoms with E-state index in [1.54, 1.807) is 6.07 Å². The normalized spacial score (nSPS) is 10.9. The van der Waals surface area contributed by atoms with Gasteiger partial charge in [0, 0.05) is 20.3 Å². The summed E-state index contributed by atoms with van der Waals surface area (Å²) in [5.74, 6) is 0.799. The second-order valence-electron chi connectivity index (χ2n) is 5.79. The molecular weight excluding hydrogens is 478 g/mol. The van der Waals surface area contributed by atoms with E-state index in [0.717, 1.165) is 37.5 Å². The van der Waals surface area contributed by atoms with Crippen molar-refractivity contribution in [1.29, 1.82) is 0 Å². The molecular formula is C21H13Cl2IN2. The molecule has 0 bridgehead atoms. The highest BCUT2D eigenvalue weighted by Crippen LogP contribution is 2.39. The topological polar surface area (TPSA) is 28.7 Å². The number of hydrogen-bond donors (Lipinski definition) is 1. The van der Waals surface area contributed by atoms with Crippen molar-refractivity contribution in [2.45, 2.75) is 0 Å². The van der Waals surface area contributed by atoms with Crippen LogP contribution in [-0.2, 0) is 0 Å². The van der Waals surface area contributed by atoms with Crippen LogP contribution in [0.15, 0.2) is 72.8 Å². The molecule has 3 aromatic carbocycles. The van der Waals surface area contributed by atoms with Crippen molar-refractivity contribution in [3.63, 3.8) is 0 Å². The Morgan fingerprint density at radius 1 is 0.808 bits per heavy atom. The zero-order valence-electron chi connectivity index (χ0n) is 13.5. The number of aromatic nitrogens is 2. The van der Waals surface area contributed by atoms with Crippen LogP contribution in [0.2, 0.25) is 10.0 Å². The third-order valence-corrected chi connectivity index (χ3v) is 5.56. The fraction of sp³-hybridized carbons (Fsp3) is 0. The monoisotopic (exact) mass is 490 g/mol. The van der Waals surface area contributed by atoms with Crippen molar-refractivity contribution in [2.75, 3.05) is 0 Å². The van der Waals surface area contributed by atoms with Crippen molar-refractivity contribution in [3.8, 4) is 33.9 Å². The molecule has 0 radical (unpaired) electrons. The van der Waals surface area contributed by atoms with Crippen LogP contribution in [0.3, 0.4) is 0 Å². The summed E-state index contributed by atoms with van der Waals surface area (Å²) in [5.41, 5.74) is 4.59.